The minimum atomic E-state index is 0.208. The molecule has 15 heavy (non-hydrogen) atoms. The number of nitrogens with zero attached hydrogens (tertiary/aromatic N) is 4. The summed E-state index contributed by atoms with van der Waals surface area (Å²) in [6.07, 6.45) is 5.10. The van der Waals surface area contributed by atoms with E-state index in [0.29, 0.717) is 5.92 Å². The van der Waals surface area contributed by atoms with E-state index in [1.807, 2.05) is 12.1 Å². The van der Waals surface area contributed by atoms with Crippen LogP contribution in [-0.2, 0) is 0 Å². The summed E-state index contributed by atoms with van der Waals surface area (Å²) in [4.78, 5) is 0. The van der Waals surface area contributed by atoms with Crippen molar-refractivity contribution in [2.45, 2.75) is 31.2 Å². The molecule has 0 amide bonds. The molecule has 1 aliphatic rings. The van der Waals surface area contributed by atoms with E-state index in [1.54, 1.807) is 10.7 Å². The second kappa shape index (κ2) is 3.27. The van der Waals surface area contributed by atoms with Gasteiger partial charge in [0.1, 0.15) is 0 Å². The molecule has 2 aromatic heterocycles. The second-order valence-electron chi connectivity index (χ2n) is 4.05. The van der Waals surface area contributed by atoms with Gasteiger partial charge in [0.15, 0.2) is 11.5 Å². The molecule has 78 valence electrons. The van der Waals surface area contributed by atoms with Gasteiger partial charge in [-0.05, 0) is 25.0 Å². The minimum Gasteiger partial charge on any atom is -0.327 e. The summed E-state index contributed by atoms with van der Waals surface area (Å²) in [5.74, 6) is 1.23. The highest BCUT2D eigenvalue weighted by Crippen LogP contribution is 2.31. The van der Waals surface area contributed by atoms with Gasteiger partial charge in [0.2, 0.25) is 0 Å². The lowest BCUT2D eigenvalue weighted by atomic mass is 10.0. The van der Waals surface area contributed by atoms with Gasteiger partial charge < -0.3 is 5.73 Å². The molecule has 2 aromatic rings. The third-order valence-corrected chi connectivity index (χ3v) is 3.10. The van der Waals surface area contributed by atoms with E-state index in [4.69, 9.17) is 5.73 Å². The zero-order valence-electron chi connectivity index (χ0n) is 8.37. The maximum Gasteiger partial charge on any atom is 0.177 e. The highest BCUT2D eigenvalue weighted by atomic mass is 15.4. The predicted octanol–water partition coefficient (Wildman–Crippen LogP) is 0.719. The molecule has 3 rings (SSSR count). The summed E-state index contributed by atoms with van der Waals surface area (Å²) in [6.45, 7) is 0. The zero-order chi connectivity index (χ0) is 10.3. The van der Waals surface area contributed by atoms with Crippen molar-refractivity contribution in [2.24, 2.45) is 5.73 Å². The molecule has 2 unspecified atom stereocenters. The fourth-order valence-corrected chi connectivity index (χ4v) is 2.30. The summed E-state index contributed by atoms with van der Waals surface area (Å²) in [7, 11) is 0. The molecule has 1 aliphatic carbocycles. The first-order chi connectivity index (χ1) is 7.36. The largest absolute Gasteiger partial charge is 0.327 e. The third-order valence-electron chi connectivity index (χ3n) is 3.10. The Morgan fingerprint density at radius 2 is 2.27 bits per heavy atom. The van der Waals surface area contributed by atoms with E-state index < -0.39 is 0 Å². The number of hydrogen-bond acceptors (Lipinski definition) is 4. The van der Waals surface area contributed by atoms with Crippen molar-refractivity contribution >= 4 is 5.65 Å². The molecular formula is C10H13N5. The number of rotatable bonds is 1. The highest BCUT2D eigenvalue weighted by Gasteiger charge is 2.29. The Balaban J connectivity index is 2.10. The monoisotopic (exact) mass is 203 g/mol. The molecule has 2 heterocycles. The van der Waals surface area contributed by atoms with Crippen LogP contribution >= 0.6 is 0 Å². The van der Waals surface area contributed by atoms with Crippen LogP contribution in [0.3, 0.4) is 0 Å². The molecule has 1 saturated carbocycles. The Morgan fingerprint density at radius 3 is 3.07 bits per heavy atom. The third kappa shape index (κ3) is 1.31. The Morgan fingerprint density at radius 1 is 1.33 bits per heavy atom. The van der Waals surface area contributed by atoms with Crippen LogP contribution in [0, 0.1) is 0 Å². The lowest BCUT2D eigenvalue weighted by Crippen LogP contribution is -2.24. The van der Waals surface area contributed by atoms with Gasteiger partial charge in [-0.15, -0.1) is 10.2 Å². The first-order valence-corrected chi connectivity index (χ1v) is 5.28. The summed E-state index contributed by atoms with van der Waals surface area (Å²) >= 11 is 0. The van der Waals surface area contributed by atoms with E-state index in [2.05, 4.69) is 15.3 Å². The van der Waals surface area contributed by atoms with Gasteiger partial charge >= 0.3 is 0 Å². The molecule has 0 radical (unpaired) electrons. The first-order valence-electron chi connectivity index (χ1n) is 5.28. The van der Waals surface area contributed by atoms with Crippen molar-refractivity contribution in [3.05, 3.63) is 24.2 Å². The molecule has 0 spiro atoms. The van der Waals surface area contributed by atoms with Gasteiger partial charge in [-0.2, -0.15) is 9.61 Å². The van der Waals surface area contributed by atoms with Crippen LogP contribution in [0.25, 0.3) is 5.65 Å². The van der Waals surface area contributed by atoms with Crippen LogP contribution < -0.4 is 5.73 Å². The number of fused-ring (bicyclic) bond motifs is 1. The molecule has 5 heteroatoms. The lowest BCUT2D eigenvalue weighted by molar-refractivity contribution is 0.565. The molecule has 2 atom stereocenters. The SMILES string of the molecule is NC1CCCC1c1nnc2cccnn12. The van der Waals surface area contributed by atoms with Crippen LogP contribution in [0.5, 0.6) is 0 Å². The fraction of sp³-hybridized carbons (Fsp3) is 0.500. The second-order valence-corrected chi connectivity index (χ2v) is 4.05. The fourth-order valence-electron chi connectivity index (χ4n) is 2.30. The maximum absolute atomic E-state index is 6.05. The topological polar surface area (TPSA) is 69.1 Å². The van der Waals surface area contributed by atoms with Crippen molar-refractivity contribution in [3.8, 4) is 0 Å². The molecule has 0 saturated heterocycles. The molecular weight excluding hydrogens is 190 g/mol. The Kier molecular flexibility index (Phi) is 1.92. The minimum absolute atomic E-state index is 0.208. The first kappa shape index (κ1) is 8.79. The molecule has 5 nitrogen and oxygen atoms in total. The van der Waals surface area contributed by atoms with Crippen molar-refractivity contribution in [2.75, 3.05) is 0 Å². The standard InChI is InChI=1S/C10H13N5/c11-8-4-1-3-7(8)10-14-13-9-5-2-6-12-15(9)10/h2,5-8H,1,3-4,11H2. The Labute approximate surface area is 87.3 Å². The van der Waals surface area contributed by atoms with Crippen molar-refractivity contribution in [3.63, 3.8) is 0 Å². The van der Waals surface area contributed by atoms with Gasteiger partial charge in [-0.3, -0.25) is 0 Å². The van der Waals surface area contributed by atoms with Gasteiger partial charge in [0, 0.05) is 18.2 Å². The summed E-state index contributed by atoms with van der Waals surface area (Å²) < 4.78 is 1.80. The molecule has 1 fully saturated rings. The number of nitrogens with two attached hydrogens (primary N) is 1. The number of hydrogen-bond donors (Lipinski definition) is 1. The normalized spacial score (nSPS) is 26.2. The van der Waals surface area contributed by atoms with Gasteiger partial charge in [-0.1, -0.05) is 6.42 Å². The van der Waals surface area contributed by atoms with Gasteiger partial charge in [0.25, 0.3) is 0 Å². The van der Waals surface area contributed by atoms with Crippen LogP contribution in [0.2, 0.25) is 0 Å². The van der Waals surface area contributed by atoms with E-state index in [-0.39, 0.29) is 6.04 Å². The van der Waals surface area contributed by atoms with Crippen LogP contribution in [0.15, 0.2) is 18.3 Å². The van der Waals surface area contributed by atoms with E-state index >= 15 is 0 Å². The number of aromatic nitrogens is 4. The van der Waals surface area contributed by atoms with Gasteiger partial charge in [-0.25, -0.2) is 0 Å². The summed E-state index contributed by atoms with van der Waals surface area (Å²) in [5.41, 5.74) is 6.85. The van der Waals surface area contributed by atoms with Crippen molar-refractivity contribution in [1.82, 2.24) is 19.8 Å². The Hall–Kier alpha value is -1.49. The molecule has 0 bridgehead atoms. The lowest BCUT2D eigenvalue weighted by Gasteiger charge is -2.11. The smallest absolute Gasteiger partial charge is 0.177 e. The molecule has 2 N–H and O–H groups in total. The average molecular weight is 203 g/mol. The van der Waals surface area contributed by atoms with Gasteiger partial charge in [0.05, 0.1) is 0 Å². The van der Waals surface area contributed by atoms with Crippen molar-refractivity contribution in [1.29, 1.82) is 0 Å². The van der Waals surface area contributed by atoms with Crippen LogP contribution in [-0.4, -0.2) is 25.9 Å². The van der Waals surface area contributed by atoms with E-state index in [0.717, 1.165) is 24.3 Å². The molecule has 0 aromatic carbocycles. The Bertz CT molecular complexity index is 477. The maximum atomic E-state index is 6.05. The van der Waals surface area contributed by atoms with Crippen LogP contribution in [0.1, 0.15) is 31.0 Å². The average Bonchev–Trinajstić information content (AvgIpc) is 2.83. The summed E-state index contributed by atoms with van der Waals surface area (Å²) in [5, 5.41) is 12.5. The zero-order valence-corrected chi connectivity index (χ0v) is 8.37. The quantitative estimate of drug-likeness (QED) is 0.741. The highest BCUT2D eigenvalue weighted by molar-refractivity contribution is 5.35. The van der Waals surface area contributed by atoms with Crippen LogP contribution in [0.4, 0.5) is 0 Å². The van der Waals surface area contributed by atoms with Crippen molar-refractivity contribution < 1.29 is 0 Å². The molecule has 0 aliphatic heterocycles. The van der Waals surface area contributed by atoms with E-state index in [9.17, 15) is 0 Å². The predicted molar refractivity (Wildman–Crippen MR) is 55.3 cm³/mol. The summed E-state index contributed by atoms with van der Waals surface area (Å²) in [6, 6.07) is 3.98. The van der Waals surface area contributed by atoms with E-state index in [1.165, 1.54) is 6.42 Å².